The van der Waals surface area contributed by atoms with Crippen molar-refractivity contribution in [3.63, 3.8) is 0 Å². The highest BCUT2D eigenvalue weighted by Crippen LogP contribution is 2.39. The van der Waals surface area contributed by atoms with Crippen LogP contribution in [0.15, 0.2) is 12.1 Å². The van der Waals surface area contributed by atoms with Crippen molar-refractivity contribution >= 4 is 28.5 Å². The van der Waals surface area contributed by atoms with Gasteiger partial charge in [0.25, 0.3) is 5.69 Å². The van der Waals surface area contributed by atoms with Gasteiger partial charge in [-0.1, -0.05) is 20.8 Å². The SMILES string of the molecule is Cn1c(C(C)(C)C)nc2c(N3CC[C@H](NC(=O)OC(C)(C)C)C3)c([N+](=O)[O-])ccc21. The van der Waals surface area contributed by atoms with Gasteiger partial charge < -0.3 is 19.5 Å². The molecule has 0 aliphatic carbocycles. The number of rotatable bonds is 3. The van der Waals surface area contributed by atoms with E-state index in [1.807, 2.05) is 37.3 Å². The van der Waals surface area contributed by atoms with Gasteiger partial charge in [0.2, 0.25) is 0 Å². The van der Waals surface area contributed by atoms with Crippen molar-refractivity contribution in [1.29, 1.82) is 0 Å². The zero-order valence-corrected chi connectivity index (χ0v) is 18.8. The molecule has 0 unspecified atom stereocenters. The Bertz CT molecular complexity index is 984. The number of hydrogen-bond acceptors (Lipinski definition) is 6. The van der Waals surface area contributed by atoms with E-state index in [2.05, 4.69) is 26.1 Å². The third kappa shape index (κ3) is 4.34. The molecule has 9 nitrogen and oxygen atoms in total. The lowest BCUT2D eigenvalue weighted by atomic mass is 9.96. The number of nitro benzene ring substituents is 1. The molecule has 164 valence electrons. The molecular weight excluding hydrogens is 386 g/mol. The zero-order chi connectivity index (χ0) is 22.4. The van der Waals surface area contributed by atoms with Crippen LogP contribution in [0.2, 0.25) is 0 Å². The maximum atomic E-state index is 12.1. The number of amides is 1. The fourth-order valence-electron chi connectivity index (χ4n) is 3.92. The molecule has 1 saturated heterocycles. The molecule has 1 fully saturated rings. The Hall–Kier alpha value is -2.84. The molecule has 9 heteroatoms. The molecular formula is C21H31N5O4. The highest BCUT2D eigenvalue weighted by atomic mass is 16.6. The summed E-state index contributed by atoms with van der Waals surface area (Å²) in [6.07, 6.45) is 0.195. The summed E-state index contributed by atoms with van der Waals surface area (Å²) in [6.45, 7) is 12.7. The molecule has 1 amide bonds. The van der Waals surface area contributed by atoms with Crippen LogP contribution in [0, 0.1) is 10.1 Å². The van der Waals surface area contributed by atoms with Crippen molar-refractivity contribution < 1.29 is 14.5 Å². The lowest BCUT2D eigenvalue weighted by Crippen LogP contribution is -2.40. The smallest absolute Gasteiger partial charge is 0.407 e. The van der Waals surface area contributed by atoms with Gasteiger partial charge in [-0.2, -0.15) is 0 Å². The van der Waals surface area contributed by atoms with Crippen LogP contribution in [-0.2, 0) is 17.2 Å². The highest BCUT2D eigenvalue weighted by molar-refractivity contribution is 5.95. The van der Waals surface area contributed by atoms with Gasteiger partial charge >= 0.3 is 6.09 Å². The Kier molecular flexibility index (Phi) is 5.43. The number of carbonyl (C=O) groups is 1. The van der Waals surface area contributed by atoms with E-state index in [-0.39, 0.29) is 22.1 Å². The van der Waals surface area contributed by atoms with Crippen LogP contribution >= 0.6 is 0 Å². The summed E-state index contributed by atoms with van der Waals surface area (Å²) in [5, 5.41) is 14.7. The molecule has 0 bridgehead atoms. The average Bonchev–Trinajstić information content (AvgIpc) is 3.16. The van der Waals surface area contributed by atoms with Crippen molar-refractivity contribution in [1.82, 2.24) is 14.9 Å². The number of nitrogens with one attached hydrogen (secondary N) is 1. The second-order valence-electron chi connectivity index (χ2n) is 9.88. The second kappa shape index (κ2) is 7.45. The Morgan fingerprint density at radius 3 is 2.50 bits per heavy atom. The third-order valence-corrected chi connectivity index (χ3v) is 5.10. The summed E-state index contributed by atoms with van der Waals surface area (Å²) in [5.74, 6) is 0.863. The first-order valence-electron chi connectivity index (χ1n) is 10.2. The maximum absolute atomic E-state index is 12.1. The minimum Gasteiger partial charge on any atom is -0.444 e. The number of ether oxygens (including phenoxy) is 1. The molecule has 0 radical (unpaired) electrons. The summed E-state index contributed by atoms with van der Waals surface area (Å²) in [4.78, 5) is 30.3. The molecule has 30 heavy (non-hydrogen) atoms. The summed E-state index contributed by atoms with van der Waals surface area (Å²) < 4.78 is 7.33. The molecule has 1 aromatic carbocycles. The van der Waals surface area contributed by atoms with Crippen molar-refractivity contribution in [3.8, 4) is 0 Å². The van der Waals surface area contributed by atoms with Crippen LogP contribution in [0.4, 0.5) is 16.2 Å². The number of aromatic nitrogens is 2. The van der Waals surface area contributed by atoms with E-state index in [1.165, 1.54) is 0 Å². The number of imidazole rings is 1. The standard InChI is InChI=1S/C21H31N5O4/c1-20(2,3)18-23-16-14(24(18)7)8-9-15(26(28)29)17(16)25-11-10-13(12-25)22-19(27)30-21(4,5)6/h8-9,13H,10-12H2,1-7H3,(H,22,27)/t13-/m0/s1. The predicted molar refractivity (Wildman–Crippen MR) is 116 cm³/mol. The minimum atomic E-state index is -0.579. The van der Waals surface area contributed by atoms with E-state index >= 15 is 0 Å². The Morgan fingerprint density at radius 2 is 1.93 bits per heavy atom. The third-order valence-electron chi connectivity index (χ3n) is 5.10. The van der Waals surface area contributed by atoms with Crippen molar-refractivity contribution in [2.45, 2.75) is 65.0 Å². The normalized spacial score (nSPS) is 17.4. The summed E-state index contributed by atoms with van der Waals surface area (Å²) in [5.41, 5.74) is 1.23. The highest BCUT2D eigenvalue weighted by Gasteiger charge is 2.33. The Labute approximate surface area is 176 Å². The maximum Gasteiger partial charge on any atom is 0.407 e. The number of aryl methyl sites for hydroxylation is 1. The van der Waals surface area contributed by atoms with Gasteiger partial charge in [0, 0.05) is 31.6 Å². The fraction of sp³-hybridized carbons (Fsp3) is 0.619. The molecule has 0 spiro atoms. The monoisotopic (exact) mass is 417 g/mol. The van der Waals surface area contributed by atoms with E-state index in [9.17, 15) is 14.9 Å². The van der Waals surface area contributed by atoms with Crippen LogP contribution in [0.3, 0.4) is 0 Å². The van der Waals surface area contributed by atoms with E-state index in [4.69, 9.17) is 9.72 Å². The van der Waals surface area contributed by atoms with Gasteiger partial charge in [0.1, 0.15) is 22.6 Å². The molecule has 2 aromatic rings. The van der Waals surface area contributed by atoms with Gasteiger partial charge in [-0.15, -0.1) is 0 Å². The summed E-state index contributed by atoms with van der Waals surface area (Å²) >= 11 is 0. The number of fused-ring (bicyclic) bond motifs is 1. The molecule has 1 aliphatic rings. The average molecular weight is 418 g/mol. The van der Waals surface area contributed by atoms with Crippen LogP contribution < -0.4 is 10.2 Å². The quantitative estimate of drug-likeness (QED) is 0.600. The molecule has 1 aromatic heterocycles. The van der Waals surface area contributed by atoms with E-state index < -0.39 is 11.7 Å². The Balaban J connectivity index is 1.96. The molecule has 1 N–H and O–H groups in total. The van der Waals surface area contributed by atoms with Crippen LogP contribution in [-0.4, -0.2) is 45.3 Å². The van der Waals surface area contributed by atoms with E-state index in [1.54, 1.807) is 12.1 Å². The molecule has 1 atom stereocenters. The van der Waals surface area contributed by atoms with Crippen LogP contribution in [0.5, 0.6) is 0 Å². The first-order valence-corrected chi connectivity index (χ1v) is 10.2. The molecule has 2 heterocycles. The van der Waals surface area contributed by atoms with Crippen molar-refractivity contribution in [2.24, 2.45) is 7.05 Å². The van der Waals surface area contributed by atoms with E-state index in [0.717, 1.165) is 11.3 Å². The lowest BCUT2D eigenvalue weighted by Gasteiger charge is -2.22. The van der Waals surface area contributed by atoms with Gasteiger partial charge in [-0.05, 0) is 33.3 Å². The van der Waals surface area contributed by atoms with Gasteiger partial charge in [-0.25, -0.2) is 9.78 Å². The van der Waals surface area contributed by atoms with Gasteiger partial charge in [0.15, 0.2) is 0 Å². The molecule has 1 aliphatic heterocycles. The minimum absolute atomic E-state index is 0.0268. The number of alkyl carbamates (subject to hydrolysis) is 1. The first kappa shape index (κ1) is 21.9. The lowest BCUT2D eigenvalue weighted by molar-refractivity contribution is -0.384. The largest absolute Gasteiger partial charge is 0.444 e. The molecule has 3 rings (SSSR count). The van der Waals surface area contributed by atoms with Crippen molar-refractivity contribution in [2.75, 3.05) is 18.0 Å². The number of nitrogens with zero attached hydrogens (tertiary/aromatic N) is 4. The van der Waals surface area contributed by atoms with Gasteiger partial charge in [-0.3, -0.25) is 10.1 Å². The number of anilines is 1. The van der Waals surface area contributed by atoms with Crippen LogP contribution in [0.1, 0.15) is 53.8 Å². The van der Waals surface area contributed by atoms with Crippen LogP contribution in [0.25, 0.3) is 11.0 Å². The van der Waals surface area contributed by atoms with Gasteiger partial charge in [0.05, 0.1) is 16.5 Å². The zero-order valence-electron chi connectivity index (χ0n) is 18.8. The summed E-state index contributed by atoms with van der Waals surface area (Å²) in [7, 11) is 1.93. The second-order valence-corrected chi connectivity index (χ2v) is 9.88. The number of carbonyl (C=O) groups excluding carboxylic acids is 1. The van der Waals surface area contributed by atoms with Crippen molar-refractivity contribution in [3.05, 3.63) is 28.1 Å². The number of nitro groups is 1. The summed E-state index contributed by atoms with van der Waals surface area (Å²) in [6, 6.07) is 3.15. The Morgan fingerprint density at radius 1 is 1.27 bits per heavy atom. The fourth-order valence-corrected chi connectivity index (χ4v) is 3.92. The first-order chi connectivity index (χ1) is 13.8. The number of hydrogen-bond donors (Lipinski definition) is 1. The predicted octanol–water partition coefficient (Wildman–Crippen LogP) is 3.88. The number of benzene rings is 1. The molecule has 0 saturated carbocycles. The van der Waals surface area contributed by atoms with E-state index in [0.29, 0.717) is 30.7 Å². The topological polar surface area (TPSA) is 103 Å².